The monoisotopic (exact) mass is 196 g/mol. The molecule has 5 heteroatoms. The highest BCUT2D eigenvalue weighted by molar-refractivity contribution is 7.87. The normalized spacial score (nSPS) is 14.8. The fourth-order valence-electron chi connectivity index (χ4n) is 1.22. The Balaban J connectivity index is 4.68. The van der Waals surface area contributed by atoms with Crippen molar-refractivity contribution >= 4 is 10.1 Å². The van der Waals surface area contributed by atoms with E-state index in [1.54, 1.807) is 0 Å². The maximum absolute atomic E-state index is 10.9. The summed E-state index contributed by atoms with van der Waals surface area (Å²) in [6.07, 6.45) is 0. The summed E-state index contributed by atoms with van der Waals surface area (Å²) in [5.74, 6) is 0. The molecule has 0 radical (unpaired) electrons. The highest BCUT2D eigenvalue weighted by Crippen LogP contribution is 2.17. The van der Waals surface area contributed by atoms with E-state index in [-0.39, 0.29) is 0 Å². The molecule has 0 spiro atoms. The Hall–Kier alpha value is -0.130. The first-order chi connectivity index (χ1) is 4.96. The van der Waals surface area contributed by atoms with E-state index in [0.717, 1.165) is 0 Å². The third kappa shape index (κ3) is 3.51. The van der Waals surface area contributed by atoms with Crippen LogP contribution in [-0.2, 0) is 10.1 Å². The van der Waals surface area contributed by atoms with Gasteiger partial charge in [-0.25, -0.2) is 0 Å². The van der Waals surface area contributed by atoms with Crippen LogP contribution in [0.1, 0.15) is 13.8 Å². The molecule has 0 aliphatic rings. The number of quaternary nitrogens is 1. The number of hydrogen-bond donors (Lipinski definition) is 1. The summed E-state index contributed by atoms with van der Waals surface area (Å²) < 4.78 is 30.1. The van der Waals surface area contributed by atoms with Gasteiger partial charge in [-0.1, -0.05) is 0 Å². The van der Waals surface area contributed by atoms with Gasteiger partial charge >= 0.3 is 0 Å². The molecule has 0 aliphatic heterocycles. The Morgan fingerprint density at radius 3 is 1.67 bits per heavy atom. The van der Waals surface area contributed by atoms with Crippen molar-refractivity contribution in [1.29, 1.82) is 0 Å². The summed E-state index contributed by atoms with van der Waals surface area (Å²) in [5, 5.41) is 0. The van der Waals surface area contributed by atoms with Gasteiger partial charge in [0.1, 0.15) is 4.75 Å². The molecule has 0 saturated carbocycles. The van der Waals surface area contributed by atoms with Gasteiger partial charge in [0.2, 0.25) is 0 Å². The second kappa shape index (κ2) is 2.97. The lowest BCUT2D eigenvalue weighted by Gasteiger charge is -2.31. The SMILES string of the molecule is CC(C)(C[N+](C)(C)C)S(=O)(=O)O. The van der Waals surface area contributed by atoms with Crippen molar-refractivity contribution < 1.29 is 17.5 Å². The molecule has 0 fully saturated rings. The number of nitrogens with zero attached hydrogens (tertiary/aromatic N) is 1. The molecule has 0 bridgehead atoms. The summed E-state index contributed by atoms with van der Waals surface area (Å²) in [4.78, 5) is 0. The largest absolute Gasteiger partial charge is 0.330 e. The van der Waals surface area contributed by atoms with Crippen molar-refractivity contribution in [2.45, 2.75) is 18.6 Å². The van der Waals surface area contributed by atoms with Gasteiger partial charge in [0.05, 0.1) is 27.7 Å². The minimum absolute atomic E-state index is 0.381. The molecule has 0 aromatic heterocycles. The molecule has 0 unspecified atom stereocenters. The lowest BCUT2D eigenvalue weighted by molar-refractivity contribution is -0.872. The summed E-state index contributed by atoms with van der Waals surface area (Å²) in [6, 6.07) is 0. The van der Waals surface area contributed by atoms with Crippen LogP contribution in [0, 0.1) is 0 Å². The van der Waals surface area contributed by atoms with Crippen LogP contribution >= 0.6 is 0 Å². The van der Waals surface area contributed by atoms with Crippen molar-refractivity contribution in [3.8, 4) is 0 Å². The first kappa shape index (κ1) is 11.9. The molecule has 0 rings (SSSR count). The van der Waals surface area contributed by atoms with Gasteiger partial charge in [-0.2, -0.15) is 8.42 Å². The van der Waals surface area contributed by atoms with E-state index in [9.17, 15) is 8.42 Å². The Kier molecular flexibility index (Phi) is 2.94. The summed E-state index contributed by atoms with van der Waals surface area (Å²) in [5.41, 5.74) is 0. The van der Waals surface area contributed by atoms with Crippen molar-refractivity contribution in [3.05, 3.63) is 0 Å². The number of rotatable bonds is 3. The van der Waals surface area contributed by atoms with E-state index < -0.39 is 14.9 Å². The average molecular weight is 196 g/mol. The molecule has 0 aromatic carbocycles. The molecular formula is C7H18NO3S+. The van der Waals surface area contributed by atoms with E-state index >= 15 is 0 Å². The maximum atomic E-state index is 10.9. The van der Waals surface area contributed by atoms with Crippen molar-refractivity contribution in [2.75, 3.05) is 27.7 Å². The summed E-state index contributed by atoms with van der Waals surface area (Å²) >= 11 is 0. The highest BCUT2D eigenvalue weighted by Gasteiger charge is 2.37. The Labute approximate surface area is 74.5 Å². The minimum atomic E-state index is -3.95. The molecule has 0 aliphatic carbocycles. The molecular weight excluding hydrogens is 178 g/mol. The van der Waals surface area contributed by atoms with E-state index in [2.05, 4.69) is 0 Å². The first-order valence-electron chi connectivity index (χ1n) is 3.73. The highest BCUT2D eigenvalue weighted by atomic mass is 32.2. The van der Waals surface area contributed by atoms with Gasteiger partial charge in [-0.05, 0) is 13.8 Å². The van der Waals surface area contributed by atoms with Gasteiger partial charge in [0.15, 0.2) is 0 Å². The zero-order valence-electron chi connectivity index (χ0n) is 8.33. The second-order valence-electron chi connectivity index (χ2n) is 4.68. The lowest BCUT2D eigenvalue weighted by Crippen LogP contribution is -2.49. The van der Waals surface area contributed by atoms with Crippen LogP contribution < -0.4 is 0 Å². The van der Waals surface area contributed by atoms with Crippen molar-refractivity contribution in [3.63, 3.8) is 0 Å². The molecule has 0 aromatic rings. The molecule has 1 N–H and O–H groups in total. The molecule has 74 valence electrons. The van der Waals surface area contributed by atoms with Crippen molar-refractivity contribution in [2.24, 2.45) is 0 Å². The third-order valence-corrected chi connectivity index (χ3v) is 3.08. The minimum Gasteiger partial charge on any atom is -0.330 e. The fraction of sp³-hybridized carbons (Fsp3) is 1.00. The third-order valence-electron chi connectivity index (χ3n) is 1.55. The summed E-state index contributed by atoms with van der Waals surface area (Å²) in [6.45, 7) is 3.42. The van der Waals surface area contributed by atoms with Crippen LogP contribution in [0.3, 0.4) is 0 Å². The van der Waals surface area contributed by atoms with Crippen LogP contribution in [0.2, 0.25) is 0 Å². The molecule has 0 amide bonds. The number of hydrogen-bond acceptors (Lipinski definition) is 2. The lowest BCUT2D eigenvalue weighted by atomic mass is 10.2. The van der Waals surface area contributed by atoms with Crippen LogP contribution in [0.5, 0.6) is 0 Å². The first-order valence-corrected chi connectivity index (χ1v) is 5.17. The van der Waals surface area contributed by atoms with E-state index in [1.165, 1.54) is 13.8 Å². The fourth-order valence-corrected chi connectivity index (χ4v) is 1.77. The van der Waals surface area contributed by atoms with Crippen molar-refractivity contribution in [1.82, 2.24) is 0 Å². The topological polar surface area (TPSA) is 54.4 Å². The van der Waals surface area contributed by atoms with E-state index in [4.69, 9.17) is 4.55 Å². The zero-order valence-corrected chi connectivity index (χ0v) is 9.14. The Morgan fingerprint density at radius 1 is 1.25 bits per heavy atom. The standard InChI is InChI=1S/C7H17NO3S/c1-7(2,12(9,10)11)6-8(3,4)5/h6H2,1-5H3/p+1. The van der Waals surface area contributed by atoms with Crippen LogP contribution in [-0.4, -0.2) is 49.9 Å². The molecule has 0 heterocycles. The van der Waals surface area contributed by atoms with Gasteiger partial charge in [0.25, 0.3) is 10.1 Å². The van der Waals surface area contributed by atoms with Gasteiger partial charge < -0.3 is 4.48 Å². The molecule has 0 atom stereocenters. The van der Waals surface area contributed by atoms with Gasteiger partial charge in [0, 0.05) is 0 Å². The Morgan fingerprint density at radius 2 is 1.58 bits per heavy atom. The van der Waals surface area contributed by atoms with Gasteiger partial charge in [-0.15, -0.1) is 0 Å². The predicted molar refractivity (Wildman–Crippen MR) is 48.5 cm³/mol. The molecule has 12 heavy (non-hydrogen) atoms. The van der Waals surface area contributed by atoms with Crippen LogP contribution in [0.4, 0.5) is 0 Å². The second-order valence-corrected chi connectivity index (χ2v) is 6.74. The summed E-state index contributed by atoms with van der Waals surface area (Å²) in [7, 11) is 1.69. The molecule has 4 nitrogen and oxygen atoms in total. The predicted octanol–water partition coefficient (Wildman–Crippen LogP) is 0.359. The molecule has 0 saturated heterocycles. The Bertz CT molecular complexity index is 248. The maximum Gasteiger partial charge on any atom is 0.275 e. The smallest absolute Gasteiger partial charge is 0.275 e. The van der Waals surface area contributed by atoms with E-state index in [1.807, 2.05) is 21.1 Å². The average Bonchev–Trinajstić information content (AvgIpc) is 1.52. The van der Waals surface area contributed by atoms with E-state index in [0.29, 0.717) is 11.0 Å². The van der Waals surface area contributed by atoms with Gasteiger partial charge in [-0.3, -0.25) is 4.55 Å². The van der Waals surface area contributed by atoms with Crippen LogP contribution in [0.15, 0.2) is 0 Å². The van der Waals surface area contributed by atoms with Crippen LogP contribution in [0.25, 0.3) is 0 Å². The quantitative estimate of drug-likeness (QED) is 0.524. The zero-order chi connectivity index (χ0) is 10.2.